The summed E-state index contributed by atoms with van der Waals surface area (Å²) in [4.78, 5) is 24.6. The lowest BCUT2D eigenvalue weighted by atomic mass is 10.1. The number of carbonyl (C=O) groups excluding carboxylic acids is 1. The molecule has 1 amide bonds. The molecular weight excluding hydrogens is 363 g/mol. The van der Waals surface area contributed by atoms with Crippen LogP contribution in [0.1, 0.15) is 11.1 Å². The molecule has 1 fully saturated rings. The summed E-state index contributed by atoms with van der Waals surface area (Å²) in [5, 5.41) is 11.0. The van der Waals surface area contributed by atoms with Crippen molar-refractivity contribution in [2.75, 3.05) is 4.90 Å². The van der Waals surface area contributed by atoms with Crippen molar-refractivity contribution in [1.29, 1.82) is 0 Å². The molecule has 126 valence electrons. The minimum absolute atomic E-state index is 0.0293. The number of anilines is 1. The highest BCUT2D eigenvalue weighted by atomic mass is 32.2. The largest absolute Gasteiger partial charge is 0.272 e. The number of amides is 1. The zero-order chi connectivity index (χ0) is 18.1. The highest BCUT2D eigenvalue weighted by Crippen LogP contribution is 2.37. The number of nitrogens with zero attached hydrogens (tertiary/aromatic N) is 2. The van der Waals surface area contributed by atoms with E-state index in [1.807, 2.05) is 0 Å². The molecule has 0 radical (unpaired) electrons. The van der Waals surface area contributed by atoms with Crippen molar-refractivity contribution in [3.63, 3.8) is 0 Å². The van der Waals surface area contributed by atoms with Gasteiger partial charge in [0.15, 0.2) is 4.32 Å². The molecule has 1 saturated heterocycles. The van der Waals surface area contributed by atoms with E-state index in [-0.39, 0.29) is 20.6 Å². The smallest absolute Gasteiger partial charge is 0.268 e. The van der Waals surface area contributed by atoms with E-state index in [1.165, 1.54) is 30.3 Å². The van der Waals surface area contributed by atoms with Crippen molar-refractivity contribution in [2.24, 2.45) is 0 Å². The second kappa shape index (κ2) is 6.73. The normalized spacial score (nSPS) is 15.9. The van der Waals surface area contributed by atoms with Crippen LogP contribution in [0.5, 0.6) is 0 Å². The van der Waals surface area contributed by atoms with Gasteiger partial charge in [-0.25, -0.2) is 4.39 Å². The van der Waals surface area contributed by atoms with Gasteiger partial charge >= 0.3 is 0 Å². The maximum absolute atomic E-state index is 14.0. The fourth-order valence-corrected chi connectivity index (χ4v) is 3.66. The summed E-state index contributed by atoms with van der Waals surface area (Å²) in [7, 11) is 0. The Morgan fingerprint density at radius 3 is 2.68 bits per heavy atom. The molecule has 0 saturated carbocycles. The third kappa shape index (κ3) is 3.31. The van der Waals surface area contributed by atoms with Crippen LogP contribution >= 0.6 is 24.0 Å². The first-order valence-electron chi connectivity index (χ1n) is 7.16. The van der Waals surface area contributed by atoms with Gasteiger partial charge in [0.2, 0.25) is 0 Å². The number of rotatable bonds is 3. The average molecular weight is 374 g/mol. The summed E-state index contributed by atoms with van der Waals surface area (Å²) in [6.07, 6.45) is 1.52. The Bertz CT molecular complexity index is 943. The molecule has 5 nitrogen and oxygen atoms in total. The van der Waals surface area contributed by atoms with E-state index in [9.17, 15) is 19.3 Å². The first-order chi connectivity index (χ1) is 11.9. The minimum Gasteiger partial charge on any atom is -0.268 e. The van der Waals surface area contributed by atoms with Gasteiger partial charge in [-0.05, 0) is 30.7 Å². The summed E-state index contributed by atoms with van der Waals surface area (Å²) in [6.45, 7) is 1.64. The first kappa shape index (κ1) is 17.2. The average Bonchev–Trinajstić information content (AvgIpc) is 2.84. The highest BCUT2D eigenvalue weighted by molar-refractivity contribution is 8.27. The Kier molecular flexibility index (Phi) is 4.65. The van der Waals surface area contributed by atoms with Gasteiger partial charge in [-0.3, -0.25) is 19.8 Å². The Balaban J connectivity index is 1.98. The van der Waals surface area contributed by atoms with Crippen LogP contribution in [-0.2, 0) is 4.79 Å². The van der Waals surface area contributed by atoms with Gasteiger partial charge in [-0.2, -0.15) is 0 Å². The van der Waals surface area contributed by atoms with Gasteiger partial charge in [0.1, 0.15) is 5.82 Å². The van der Waals surface area contributed by atoms with Crippen LogP contribution in [0.25, 0.3) is 6.08 Å². The molecule has 8 heteroatoms. The number of thiocarbonyl (C=S) groups is 1. The van der Waals surface area contributed by atoms with Crippen LogP contribution in [0.2, 0.25) is 0 Å². The Morgan fingerprint density at radius 1 is 1.28 bits per heavy atom. The molecule has 2 aromatic rings. The van der Waals surface area contributed by atoms with Crippen LogP contribution in [0.4, 0.5) is 15.8 Å². The third-order valence-electron chi connectivity index (χ3n) is 3.61. The van der Waals surface area contributed by atoms with Crippen molar-refractivity contribution >= 4 is 51.7 Å². The summed E-state index contributed by atoms with van der Waals surface area (Å²) in [6, 6.07) is 10.5. The molecular formula is C17H11FN2O3S2. The molecule has 0 atom stereocenters. The number of nitro groups is 1. The van der Waals surface area contributed by atoms with Gasteiger partial charge in [0, 0.05) is 11.6 Å². The van der Waals surface area contributed by atoms with E-state index in [2.05, 4.69) is 0 Å². The number of hydrogen-bond acceptors (Lipinski definition) is 5. The summed E-state index contributed by atoms with van der Waals surface area (Å²) in [5.41, 5.74) is 1.09. The molecule has 3 rings (SSSR count). The highest BCUT2D eigenvalue weighted by Gasteiger charge is 2.34. The first-order valence-corrected chi connectivity index (χ1v) is 8.38. The van der Waals surface area contributed by atoms with Crippen LogP contribution in [0.3, 0.4) is 0 Å². The van der Waals surface area contributed by atoms with E-state index < -0.39 is 16.6 Å². The number of carbonyl (C=O) groups is 1. The monoisotopic (exact) mass is 374 g/mol. The van der Waals surface area contributed by atoms with Crippen molar-refractivity contribution in [3.05, 3.63) is 74.4 Å². The van der Waals surface area contributed by atoms with Crippen molar-refractivity contribution in [1.82, 2.24) is 0 Å². The maximum Gasteiger partial charge on any atom is 0.272 e. The fraction of sp³-hybridized carbons (Fsp3) is 0.0588. The second-order valence-electron chi connectivity index (χ2n) is 5.27. The molecule has 1 aliphatic rings. The number of hydrogen-bond donors (Lipinski definition) is 0. The number of nitro benzene ring substituents is 1. The van der Waals surface area contributed by atoms with Gasteiger partial charge < -0.3 is 0 Å². The maximum atomic E-state index is 14.0. The Morgan fingerprint density at radius 2 is 2.00 bits per heavy atom. The van der Waals surface area contributed by atoms with E-state index in [4.69, 9.17) is 12.2 Å². The van der Waals surface area contributed by atoms with Crippen molar-refractivity contribution < 1.29 is 14.1 Å². The molecule has 0 N–H and O–H groups in total. The molecule has 1 aliphatic heterocycles. The summed E-state index contributed by atoms with van der Waals surface area (Å²) >= 11 is 6.22. The molecule has 25 heavy (non-hydrogen) atoms. The van der Waals surface area contributed by atoms with E-state index in [1.54, 1.807) is 25.1 Å². The quantitative estimate of drug-likeness (QED) is 0.344. The molecule has 0 aliphatic carbocycles. The zero-order valence-electron chi connectivity index (χ0n) is 12.9. The molecule has 1 heterocycles. The van der Waals surface area contributed by atoms with E-state index in [0.29, 0.717) is 11.1 Å². The minimum atomic E-state index is -0.550. The molecule has 0 spiro atoms. The number of benzene rings is 2. The van der Waals surface area contributed by atoms with Crippen LogP contribution < -0.4 is 4.90 Å². The molecule has 2 aromatic carbocycles. The Hall–Kier alpha value is -2.58. The number of thioether (sulfide) groups is 1. The number of para-hydroxylation sites is 1. The molecule has 0 bridgehead atoms. The van der Waals surface area contributed by atoms with Gasteiger partial charge in [-0.15, -0.1) is 0 Å². The third-order valence-corrected chi connectivity index (χ3v) is 4.92. The standard InChI is InChI=1S/C17H11FN2O3S2/c1-10-6-7-11(8-14(10)20(22)23)9-15-16(21)19(17(24)25-15)13-5-3-2-4-12(13)18/h2-9H,1H3. The fourth-order valence-electron chi connectivity index (χ4n) is 2.37. The SMILES string of the molecule is Cc1ccc(C=C2SC(=S)N(c3ccccc3F)C2=O)cc1[N+](=O)[O-]. The van der Waals surface area contributed by atoms with E-state index >= 15 is 0 Å². The zero-order valence-corrected chi connectivity index (χ0v) is 14.6. The van der Waals surface area contributed by atoms with Crippen molar-refractivity contribution in [2.45, 2.75) is 6.92 Å². The Labute approximate surface area is 152 Å². The van der Waals surface area contributed by atoms with Gasteiger partial charge in [-0.1, -0.05) is 48.2 Å². The summed E-state index contributed by atoms with van der Waals surface area (Å²) < 4.78 is 14.2. The van der Waals surface area contributed by atoms with Gasteiger partial charge in [0.05, 0.1) is 15.5 Å². The van der Waals surface area contributed by atoms with E-state index in [0.717, 1.165) is 16.7 Å². The predicted molar refractivity (Wildman–Crippen MR) is 99.9 cm³/mol. The summed E-state index contributed by atoms with van der Waals surface area (Å²) in [5.74, 6) is -1.01. The topological polar surface area (TPSA) is 63.5 Å². The van der Waals surface area contributed by atoms with Crippen LogP contribution in [0, 0.1) is 22.9 Å². The lowest BCUT2D eigenvalue weighted by Gasteiger charge is -2.14. The number of halogens is 1. The lowest BCUT2D eigenvalue weighted by Crippen LogP contribution is -2.28. The molecule has 0 unspecified atom stereocenters. The van der Waals surface area contributed by atoms with Crippen LogP contribution in [-0.4, -0.2) is 15.2 Å². The number of aryl methyl sites for hydroxylation is 1. The van der Waals surface area contributed by atoms with Gasteiger partial charge in [0.25, 0.3) is 11.6 Å². The second-order valence-corrected chi connectivity index (χ2v) is 6.95. The van der Waals surface area contributed by atoms with Crippen molar-refractivity contribution in [3.8, 4) is 0 Å². The lowest BCUT2D eigenvalue weighted by molar-refractivity contribution is -0.385. The molecule has 0 aromatic heterocycles. The predicted octanol–water partition coefficient (Wildman–Crippen LogP) is 4.45. The van der Waals surface area contributed by atoms with Crippen LogP contribution in [0.15, 0.2) is 47.4 Å².